The van der Waals surface area contributed by atoms with Crippen LogP contribution in [0.2, 0.25) is 0 Å². The van der Waals surface area contributed by atoms with E-state index in [4.69, 9.17) is 4.98 Å². The molecule has 3 aromatic rings. The predicted octanol–water partition coefficient (Wildman–Crippen LogP) is 2.55. The molecule has 0 aliphatic carbocycles. The van der Waals surface area contributed by atoms with Gasteiger partial charge in [0.15, 0.2) is 0 Å². The summed E-state index contributed by atoms with van der Waals surface area (Å²) in [4.78, 5) is 7.18. The van der Waals surface area contributed by atoms with Crippen molar-refractivity contribution in [2.45, 2.75) is 32.4 Å². The van der Waals surface area contributed by atoms with Gasteiger partial charge in [0.05, 0.1) is 17.4 Å². The molecule has 0 unspecified atom stereocenters. The number of nitrogens with one attached hydrogen (secondary N) is 1. The minimum absolute atomic E-state index is 0.424. The lowest BCUT2D eigenvalue weighted by atomic mass is 9.87. The number of hydrogen-bond donors (Lipinski definition) is 1. The van der Waals surface area contributed by atoms with Crippen LogP contribution in [0.25, 0.3) is 5.65 Å². The molecule has 1 N–H and O–H groups in total. The molecule has 0 aromatic carbocycles. The zero-order chi connectivity index (χ0) is 18.1. The minimum Gasteiger partial charge on any atom is -0.311 e. The van der Waals surface area contributed by atoms with Gasteiger partial charge in [0, 0.05) is 38.7 Å². The first kappa shape index (κ1) is 17.2. The summed E-state index contributed by atoms with van der Waals surface area (Å²) in [5, 5.41) is 8.02. The standard InChI is InChI=1S/C20H28N6/c1-15-6-7-19-23-17(14-26(19)13-15)12-21-11-16-5-4-10-24(2)20(16)18-8-9-22-25(18)3/h6-9,13-14,16,20-21H,4-5,10-12H2,1-3H3/t16-,20+/m0/s1. The van der Waals surface area contributed by atoms with Crippen molar-refractivity contribution in [3.8, 4) is 0 Å². The Morgan fingerprint density at radius 1 is 1.19 bits per heavy atom. The molecular weight excluding hydrogens is 324 g/mol. The smallest absolute Gasteiger partial charge is 0.137 e. The van der Waals surface area contributed by atoms with Crippen molar-refractivity contribution in [1.82, 2.24) is 29.4 Å². The quantitative estimate of drug-likeness (QED) is 0.767. The molecule has 4 rings (SSSR count). The Balaban J connectivity index is 1.42. The van der Waals surface area contributed by atoms with Gasteiger partial charge in [0.1, 0.15) is 5.65 Å². The van der Waals surface area contributed by atoms with Crippen LogP contribution in [0.4, 0.5) is 0 Å². The molecule has 1 fully saturated rings. The molecule has 1 saturated heterocycles. The van der Waals surface area contributed by atoms with Crippen LogP contribution < -0.4 is 5.32 Å². The number of imidazole rings is 1. The zero-order valence-electron chi connectivity index (χ0n) is 15.9. The van der Waals surface area contributed by atoms with Crippen molar-refractivity contribution in [3.63, 3.8) is 0 Å². The average molecular weight is 352 g/mol. The van der Waals surface area contributed by atoms with Gasteiger partial charge in [0.25, 0.3) is 0 Å². The summed E-state index contributed by atoms with van der Waals surface area (Å²) in [5.41, 5.74) is 4.66. The average Bonchev–Trinajstić information content (AvgIpc) is 3.20. The molecule has 0 radical (unpaired) electrons. The maximum absolute atomic E-state index is 4.71. The van der Waals surface area contributed by atoms with Gasteiger partial charge in [-0.05, 0) is 57.0 Å². The van der Waals surface area contributed by atoms with Gasteiger partial charge in [-0.1, -0.05) is 6.07 Å². The molecule has 6 nitrogen and oxygen atoms in total. The molecule has 0 spiro atoms. The second-order valence-corrected chi connectivity index (χ2v) is 7.54. The van der Waals surface area contributed by atoms with Crippen molar-refractivity contribution >= 4 is 5.65 Å². The van der Waals surface area contributed by atoms with E-state index in [9.17, 15) is 0 Å². The van der Waals surface area contributed by atoms with E-state index in [1.54, 1.807) is 0 Å². The third kappa shape index (κ3) is 3.39. The Morgan fingerprint density at radius 2 is 2.08 bits per heavy atom. The number of hydrogen-bond acceptors (Lipinski definition) is 4. The van der Waals surface area contributed by atoms with E-state index >= 15 is 0 Å². The highest BCUT2D eigenvalue weighted by Crippen LogP contribution is 2.34. The SMILES string of the molecule is Cc1ccc2nc(CNC[C@@H]3CCCN(C)[C@H]3c3ccnn3C)cn2c1. The number of nitrogens with zero attached hydrogens (tertiary/aromatic N) is 5. The van der Waals surface area contributed by atoms with Crippen LogP contribution >= 0.6 is 0 Å². The molecule has 0 amide bonds. The van der Waals surface area contributed by atoms with Crippen molar-refractivity contribution in [1.29, 1.82) is 0 Å². The van der Waals surface area contributed by atoms with Crippen LogP contribution in [0.5, 0.6) is 0 Å². The number of fused-ring (bicyclic) bond motifs is 1. The van der Waals surface area contributed by atoms with E-state index in [2.05, 4.69) is 64.3 Å². The van der Waals surface area contributed by atoms with E-state index < -0.39 is 0 Å². The van der Waals surface area contributed by atoms with Crippen LogP contribution in [0, 0.1) is 12.8 Å². The Hall–Kier alpha value is -2.18. The lowest BCUT2D eigenvalue weighted by Gasteiger charge is -2.39. The van der Waals surface area contributed by atoms with E-state index in [0.29, 0.717) is 12.0 Å². The summed E-state index contributed by atoms with van der Waals surface area (Å²) in [6, 6.07) is 6.76. The third-order valence-electron chi connectivity index (χ3n) is 5.53. The molecule has 138 valence electrons. The van der Waals surface area contributed by atoms with Gasteiger partial charge in [-0.2, -0.15) is 5.10 Å². The maximum atomic E-state index is 4.71. The van der Waals surface area contributed by atoms with Crippen LogP contribution in [0.3, 0.4) is 0 Å². The number of piperidine rings is 1. The summed E-state index contributed by atoms with van der Waals surface area (Å²) in [5.74, 6) is 0.587. The normalized spacial score (nSPS) is 21.5. The molecule has 6 heteroatoms. The van der Waals surface area contributed by atoms with E-state index in [0.717, 1.165) is 31.0 Å². The fraction of sp³-hybridized carbons (Fsp3) is 0.500. The second-order valence-electron chi connectivity index (χ2n) is 7.54. The molecule has 26 heavy (non-hydrogen) atoms. The van der Waals surface area contributed by atoms with Crippen molar-refractivity contribution < 1.29 is 0 Å². The molecule has 4 heterocycles. The lowest BCUT2D eigenvalue weighted by molar-refractivity contribution is 0.113. The van der Waals surface area contributed by atoms with Crippen molar-refractivity contribution in [2.75, 3.05) is 20.1 Å². The largest absolute Gasteiger partial charge is 0.311 e. The lowest BCUT2D eigenvalue weighted by Crippen LogP contribution is -2.41. The molecule has 1 aliphatic heterocycles. The summed E-state index contributed by atoms with van der Waals surface area (Å²) in [7, 11) is 4.27. The summed E-state index contributed by atoms with van der Waals surface area (Å²) in [6.07, 6.45) is 8.66. The van der Waals surface area contributed by atoms with E-state index in [1.165, 1.54) is 24.1 Å². The van der Waals surface area contributed by atoms with Gasteiger partial charge in [0.2, 0.25) is 0 Å². The minimum atomic E-state index is 0.424. The monoisotopic (exact) mass is 352 g/mol. The van der Waals surface area contributed by atoms with E-state index in [1.807, 2.05) is 17.9 Å². The third-order valence-corrected chi connectivity index (χ3v) is 5.53. The Morgan fingerprint density at radius 3 is 2.88 bits per heavy atom. The fourth-order valence-corrected chi connectivity index (χ4v) is 4.24. The van der Waals surface area contributed by atoms with Crippen LogP contribution in [0.15, 0.2) is 36.8 Å². The van der Waals surface area contributed by atoms with Gasteiger partial charge in [-0.25, -0.2) is 4.98 Å². The first-order valence-corrected chi connectivity index (χ1v) is 9.45. The second kappa shape index (κ2) is 7.21. The van der Waals surface area contributed by atoms with Gasteiger partial charge < -0.3 is 9.72 Å². The first-order valence-electron chi connectivity index (χ1n) is 9.45. The molecule has 0 bridgehead atoms. The summed E-state index contributed by atoms with van der Waals surface area (Å²) in [6.45, 7) is 5.06. The van der Waals surface area contributed by atoms with Crippen molar-refractivity contribution in [2.24, 2.45) is 13.0 Å². The molecular formula is C20H28N6. The van der Waals surface area contributed by atoms with Gasteiger partial charge in [-0.3, -0.25) is 9.58 Å². The molecule has 3 aromatic heterocycles. The summed E-state index contributed by atoms with van der Waals surface area (Å²) < 4.78 is 4.13. The van der Waals surface area contributed by atoms with E-state index in [-0.39, 0.29) is 0 Å². The van der Waals surface area contributed by atoms with Crippen molar-refractivity contribution in [3.05, 3.63) is 53.7 Å². The molecule has 1 aliphatic rings. The molecule has 2 atom stereocenters. The fourth-order valence-electron chi connectivity index (χ4n) is 4.24. The zero-order valence-corrected chi connectivity index (χ0v) is 15.9. The number of rotatable bonds is 5. The Labute approximate surface area is 154 Å². The predicted molar refractivity (Wildman–Crippen MR) is 103 cm³/mol. The van der Waals surface area contributed by atoms with Gasteiger partial charge in [-0.15, -0.1) is 0 Å². The van der Waals surface area contributed by atoms with Crippen LogP contribution in [-0.4, -0.2) is 44.2 Å². The first-order chi connectivity index (χ1) is 12.6. The van der Waals surface area contributed by atoms with Gasteiger partial charge >= 0.3 is 0 Å². The highest BCUT2D eigenvalue weighted by molar-refractivity contribution is 5.41. The number of aromatic nitrogens is 4. The topological polar surface area (TPSA) is 50.4 Å². The number of aryl methyl sites for hydroxylation is 2. The highest BCUT2D eigenvalue weighted by Gasteiger charge is 2.31. The summed E-state index contributed by atoms with van der Waals surface area (Å²) >= 11 is 0. The Bertz CT molecular complexity index is 879. The Kier molecular flexibility index (Phi) is 4.78. The maximum Gasteiger partial charge on any atom is 0.137 e. The highest BCUT2D eigenvalue weighted by atomic mass is 15.3. The van der Waals surface area contributed by atoms with Crippen LogP contribution in [-0.2, 0) is 13.6 Å². The molecule has 0 saturated carbocycles. The number of pyridine rings is 1. The van der Waals surface area contributed by atoms with Crippen LogP contribution in [0.1, 0.15) is 35.8 Å². The number of likely N-dealkylation sites (tertiary alicyclic amines) is 1.